The van der Waals surface area contributed by atoms with Crippen LogP contribution in [0.25, 0.3) is 32.9 Å². The highest BCUT2D eigenvalue weighted by Crippen LogP contribution is 2.37. The van der Waals surface area contributed by atoms with Crippen LogP contribution in [0.5, 0.6) is 0 Å². The maximum absolute atomic E-state index is 11.3. The number of aromatic nitrogens is 1. The van der Waals surface area contributed by atoms with Gasteiger partial charge in [0, 0.05) is 36.2 Å². The van der Waals surface area contributed by atoms with Crippen molar-refractivity contribution in [3.8, 4) is 11.3 Å². The van der Waals surface area contributed by atoms with E-state index in [1.807, 2.05) is 6.07 Å². The molecular weight excluding hydrogens is 350 g/mol. The highest BCUT2D eigenvalue weighted by atomic mass is 16.6. The number of likely N-dealkylation sites (N-methyl/N-ethyl adjacent to an activating group) is 1. The second-order valence-electron chi connectivity index (χ2n) is 7.39. The molecule has 1 aromatic heterocycles. The molecule has 0 saturated carbocycles. The largest absolute Gasteiger partial charge is 0.302 e. The van der Waals surface area contributed by atoms with Gasteiger partial charge in [-0.1, -0.05) is 42.5 Å². The molecule has 1 aliphatic rings. The van der Waals surface area contributed by atoms with E-state index in [0.717, 1.165) is 36.3 Å². The Morgan fingerprint density at radius 1 is 1.04 bits per heavy atom. The van der Waals surface area contributed by atoms with Gasteiger partial charge in [0.15, 0.2) is 0 Å². The molecule has 0 fully saturated rings. The molecule has 2 heterocycles. The zero-order chi connectivity index (χ0) is 19.3. The molecule has 0 spiro atoms. The van der Waals surface area contributed by atoms with E-state index in [1.54, 1.807) is 12.1 Å². The third-order valence-electron chi connectivity index (χ3n) is 5.59. The van der Waals surface area contributed by atoms with E-state index in [-0.39, 0.29) is 10.6 Å². The lowest BCUT2D eigenvalue weighted by molar-refractivity contribution is -0.384. The van der Waals surface area contributed by atoms with E-state index in [1.165, 1.54) is 33.4 Å². The summed E-state index contributed by atoms with van der Waals surface area (Å²) < 4.78 is 0. The Balaban J connectivity index is 1.86. The first-order valence-corrected chi connectivity index (χ1v) is 9.38. The van der Waals surface area contributed by atoms with Crippen molar-refractivity contribution in [2.75, 3.05) is 13.6 Å². The van der Waals surface area contributed by atoms with Crippen LogP contribution in [-0.2, 0) is 13.0 Å². The molecule has 0 atom stereocenters. The minimum absolute atomic E-state index is 0.0934. The summed E-state index contributed by atoms with van der Waals surface area (Å²) in [6.45, 7) is 1.78. The van der Waals surface area contributed by atoms with Crippen LogP contribution in [0.3, 0.4) is 0 Å². The molecule has 0 bridgehead atoms. The molecule has 0 saturated heterocycles. The van der Waals surface area contributed by atoms with Crippen LogP contribution in [0, 0.1) is 10.1 Å². The van der Waals surface area contributed by atoms with Gasteiger partial charge >= 0.3 is 0 Å². The van der Waals surface area contributed by atoms with Gasteiger partial charge in [0.25, 0.3) is 5.69 Å². The van der Waals surface area contributed by atoms with Gasteiger partial charge in [0.2, 0.25) is 0 Å². The summed E-state index contributed by atoms with van der Waals surface area (Å²) in [6.07, 6.45) is 0.945. The second kappa shape index (κ2) is 6.39. The lowest BCUT2D eigenvalue weighted by Gasteiger charge is -2.28. The Morgan fingerprint density at radius 3 is 2.75 bits per heavy atom. The van der Waals surface area contributed by atoms with Crippen molar-refractivity contribution in [1.29, 1.82) is 0 Å². The number of nitro benzene ring substituents is 1. The summed E-state index contributed by atoms with van der Waals surface area (Å²) in [5.74, 6) is 0. The van der Waals surface area contributed by atoms with Crippen LogP contribution in [-0.4, -0.2) is 28.4 Å². The number of nitrogens with zero attached hydrogens (tertiary/aromatic N) is 3. The average Bonchev–Trinajstić information content (AvgIpc) is 2.72. The van der Waals surface area contributed by atoms with Gasteiger partial charge in [0.1, 0.15) is 0 Å². The fraction of sp³-hybridized carbons (Fsp3) is 0.174. The number of fused-ring (bicyclic) bond motifs is 5. The first-order chi connectivity index (χ1) is 13.6. The number of hydrogen-bond donors (Lipinski definition) is 0. The third-order valence-corrected chi connectivity index (χ3v) is 5.59. The van der Waals surface area contributed by atoms with Crippen LogP contribution in [0.1, 0.15) is 11.1 Å². The summed E-state index contributed by atoms with van der Waals surface area (Å²) in [5, 5.41) is 14.9. The highest BCUT2D eigenvalue weighted by molar-refractivity contribution is 6.09. The molecule has 138 valence electrons. The molecule has 5 rings (SSSR count). The fourth-order valence-electron chi connectivity index (χ4n) is 4.26. The summed E-state index contributed by atoms with van der Waals surface area (Å²) in [7, 11) is 2.10. The number of nitro groups is 1. The Labute approximate surface area is 162 Å². The van der Waals surface area contributed by atoms with Crippen molar-refractivity contribution in [3.05, 3.63) is 81.9 Å². The van der Waals surface area contributed by atoms with Gasteiger partial charge in [-0.2, -0.15) is 0 Å². The third kappa shape index (κ3) is 2.63. The van der Waals surface area contributed by atoms with Crippen molar-refractivity contribution in [2.45, 2.75) is 13.0 Å². The first kappa shape index (κ1) is 16.8. The van der Waals surface area contributed by atoms with Crippen LogP contribution in [0.4, 0.5) is 5.69 Å². The van der Waals surface area contributed by atoms with Gasteiger partial charge in [-0.05, 0) is 41.4 Å². The number of hydrogen-bond acceptors (Lipinski definition) is 4. The topological polar surface area (TPSA) is 59.3 Å². The lowest BCUT2D eigenvalue weighted by Crippen LogP contribution is -2.27. The summed E-state index contributed by atoms with van der Waals surface area (Å²) in [5.41, 5.74) is 5.20. The monoisotopic (exact) mass is 369 g/mol. The molecular formula is C23H19N3O2. The summed E-state index contributed by atoms with van der Waals surface area (Å²) >= 11 is 0. The first-order valence-electron chi connectivity index (χ1n) is 9.38. The molecule has 0 amide bonds. The smallest absolute Gasteiger partial charge is 0.270 e. The normalized spacial score (nSPS) is 14.3. The van der Waals surface area contributed by atoms with E-state index in [0.29, 0.717) is 0 Å². The molecule has 5 nitrogen and oxygen atoms in total. The molecule has 5 heteroatoms. The predicted molar refractivity (Wildman–Crippen MR) is 111 cm³/mol. The van der Waals surface area contributed by atoms with Gasteiger partial charge < -0.3 is 4.90 Å². The number of benzene rings is 3. The van der Waals surface area contributed by atoms with Gasteiger partial charge in [-0.25, -0.2) is 4.98 Å². The molecule has 0 aliphatic carbocycles. The van der Waals surface area contributed by atoms with Crippen molar-refractivity contribution >= 4 is 27.4 Å². The molecule has 4 aromatic rings. The van der Waals surface area contributed by atoms with Crippen LogP contribution in [0.2, 0.25) is 0 Å². The molecule has 1 aliphatic heterocycles. The van der Waals surface area contributed by atoms with Crippen molar-refractivity contribution in [2.24, 2.45) is 0 Å². The minimum atomic E-state index is -0.351. The van der Waals surface area contributed by atoms with Gasteiger partial charge in [0.05, 0.1) is 16.1 Å². The lowest BCUT2D eigenvalue weighted by atomic mass is 9.89. The Bertz CT molecular complexity index is 1250. The average molecular weight is 369 g/mol. The zero-order valence-electron chi connectivity index (χ0n) is 15.6. The maximum atomic E-state index is 11.3. The van der Waals surface area contributed by atoms with Crippen molar-refractivity contribution < 1.29 is 4.92 Å². The number of non-ortho nitro benzene ring substituents is 1. The van der Waals surface area contributed by atoms with Gasteiger partial charge in [-0.3, -0.25) is 10.1 Å². The molecule has 3 aromatic carbocycles. The van der Waals surface area contributed by atoms with Crippen LogP contribution < -0.4 is 0 Å². The Hall–Kier alpha value is -3.31. The summed E-state index contributed by atoms with van der Waals surface area (Å²) in [4.78, 5) is 18.2. The summed E-state index contributed by atoms with van der Waals surface area (Å²) in [6, 6.07) is 19.4. The highest BCUT2D eigenvalue weighted by Gasteiger charge is 2.23. The number of rotatable bonds is 2. The van der Waals surface area contributed by atoms with Crippen LogP contribution in [0.15, 0.2) is 60.7 Å². The van der Waals surface area contributed by atoms with Gasteiger partial charge in [-0.15, -0.1) is 0 Å². The SMILES string of the molecule is CN1CCc2c(c(-c3cccc([N+](=O)[O-])c3)nc3ccc4ccccc4c23)C1. The van der Waals surface area contributed by atoms with Crippen LogP contribution >= 0.6 is 0 Å². The van der Waals surface area contributed by atoms with E-state index >= 15 is 0 Å². The molecule has 0 unspecified atom stereocenters. The minimum Gasteiger partial charge on any atom is -0.302 e. The molecule has 28 heavy (non-hydrogen) atoms. The Morgan fingerprint density at radius 2 is 1.89 bits per heavy atom. The standard InChI is InChI=1S/C23H19N3O2/c1-25-12-11-19-20(14-25)23(16-6-4-7-17(13-16)26(27)28)24-21-10-9-15-5-2-3-8-18(15)22(19)21/h2-10,13H,11-12,14H2,1H3. The maximum Gasteiger partial charge on any atom is 0.270 e. The van der Waals surface area contributed by atoms with E-state index in [9.17, 15) is 10.1 Å². The molecule has 0 radical (unpaired) electrons. The molecule has 0 N–H and O–H groups in total. The predicted octanol–water partition coefficient (Wildman–Crippen LogP) is 4.95. The van der Waals surface area contributed by atoms with E-state index in [4.69, 9.17) is 4.98 Å². The van der Waals surface area contributed by atoms with Crippen molar-refractivity contribution in [3.63, 3.8) is 0 Å². The van der Waals surface area contributed by atoms with Crippen molar-refractivity contribution in [1.82, 2.24) is 9.88 Å². The fourth-order valence-corrected chi connectivity index (χ4v) is 4.26. The Kier molecular flexibility index (Phi) is 3.84. The van der Waals surface area contributed by atoms with E-state index < -0.39 is 0 Å². The quantitative estimate of drug-likeness (QED) is 0.285. The van der Waals surface area contributed by atoms with E-state index in [2.05, 4.69) is 48.3 Å². The second-order valence-corrected chi connectivity index (χ2v) is 7.39. The number of pyridine rings is 1. The zero-order valence-corrected chi connectivity index (χ0v) is 15.6.